The van der Waals surface area contributed by atoms with Crippen molar-refractivity contribution in [2.75, 3.05) is 10.6 Å². The molecule has 1 aromatic carbocycles. The highest BCUT2D eigenvalue weighted by Crippen LogP contribution is 2.45. The predicted octanol–water partition coefficient (Wildman–Crippen LogP) is 4.49. The van der Waals surface area contributed by atoms with E-state index in [1.807, 2.05) is 50.2 Å². The third kappa shape index (κ3) is 3.36. The number of carbonyl (C=O) groups is 2. The molecule has 1 atom stereocenters. The van der Waals surface area contributed by atoms with Gasteiger partial charge in [0.1, 0.15) is 0 Å². The van der Waals surface area contributed by atoms with E-state index < -0.39 is 0 Å². The number of hydrogen-bond acceptors (Lipinski definition) is 4. The summed E-state index contributed by atoms with van der Waals surface area (Å²) in [5, 5.41) is 6.63. The van der Waals surface area contributed by atoms with Crippen molar-refractivity contribution in [1.29, 1.82) is 0 Å². The highest BCUT2D eigenvalue weighted by Gasteiger charge is 2.32. The zero-order valence-electron chi connectivity index (χ0n) is 15.1. The van der Waals surface area contributed by atoms with E-state index in [0.29, 0.717) is 11.3 Å². The van der Waals surface area contributed by atoms with Gasteiger partial charge in [0.05, 0.1) is 9.88 Å². The molecule has 0 aliphatic carbocycles. The summed E-state index contributed by atoms with van der Waals surface area (Å²) in [5.74, 6) is -0.280. The lowest BCUT2D eigenvalue weighted by molar-refractivity contribution is -0.116. The maximum atomic E-state index is 12.8. The van der Waals surface area contributed by atoms with Crippen LogP contribution >= 0.6 is 11.3 Å². The normalized spacial score (nSPS) is 15.8. The number of aryl methyl sites for hydroxylation is 1. The molecule has 6 heteroatoms. The van der Waals surface area contributed by atoms with Gasteiger partial charge in [0.2, 0.25) is 5.91 Å². The highest BCUT2D eigenvalue weighted by molar-refractivity contribution is 7.18. The Kier molecular flexibility index (Phi) is 4.49. The minimum Gasteiger partial charge on any atom is -0.321 e. The van der Waals surface area contributed by atoms with E-state index >= 15 is 0 Å². The predicted molar refractivity (Wildman–Crippen MR) is 108 cm³/mol. The van der Waals surface area contributed by atoms with Gasteiger partial charge in [-0.25, -0.2) is 0 Å². The number of hydrogen-bond donors (Lipinski definition) is 2. The second-order valence-corrected chi connectivity index (χ2v) is 7.73. The van der Waals surface area contributed by atoms with Crippen LogP contribution in [0.5, 0.6) is 0 Å². The fourth-order valence-corrected chi connectivity index (χ4v) is 4.59. The Morgan fingerprint density at radius 2 is 2.00 bits per heavy atom. The molecule has 2 aromatic heterocycles. The molecule has 1 aliphatic heterocycles. The van der Waals surface area contributed by atoms with Gasteiger partial charge in [-0.1, -0.05) is 23.8 Å². The number of nitrogens with one attached hydrogen (secondary N) is 2. The topological polar surface area (TPSA) is 71.1 Å². The number of carbonyl (C=O) groups excluding carboxylic acids is 2. The van der Waals surface area contributed by atoms with E-state index in [0.717, 1.165) is 32.9 Å². The molecule has 2 amide bonds. The number of nitrogens with zero attached hydrogens (tertiary/aromatic N) is 1. The minimum atomic E-state index is -0.157. The van der Waals surface area contributed by atoms with Crippen molar-refractivity contribution in [1.82, 2.24) is 4.98 Å². The third-order valence-corrected chi connectivity index (χ3v) is 6.01. The van der Waals surface area contributed by atoms with Crippen molar-refractivity contribution >= 4 is 33.8 Å². The van der Waals surface area contributed by atoms with Gasteiger partial charge in [0.15, 0.2) is 0 Å². The van der Waals surface area contributed by atoms with Crippen LogP contribution in [0.4, 0.5) is 10.7 Å². The van der Waals surface area contributed by atoms with Crippen LogP contribution in [0, 0.1) is 13.8 Å². The summed E-state index contributed by atoms with van der Waals surface area (Å²) >= 11 is 1.33. The van der Waals surface area contributed by atoms with E-state index in [1.165, 1.54) is 11.3 Å². The lowest BCUT2D eigenvalue weighted by atomic mass is 9.85. The number of benzene rings is 1. The molecule has 0 unspecified atom stereocenters. The average molecular weight is 377 g/mol. The molecule has 0 saturated heterocycles. The number of rotatable bonds is 3. The summed E-state index contributed by atoms with van der Waals surface area (Å²) in [6.07, 6.45) is 3.86. The summed E-state index contributed by atoms with van der Waals surface area (Å²) in [6.45, 7) is 3.95. The third-order valence-electron chi connectivity index (χ3n) is 4.79. The van der Waals surface area contributed by atoms with Gasteiger partial charge in [0, 0.05) is 30.4 Å². The van der Waals surface area contributed by atoms with Crippen LogP contribution in [-0.4, -0.2) is 16.8 Å². The van der Waals surface area contributed by atoms with E-state index in [4.69, 9.17) is 0 Å². The molecular weight excluding hydrogens is 358 g/mol. The first kappa shape index (κ1) is 17.4. The lowest BCUT2D eigenvalue weighted by Gasteiger charge is -2.23. The molecule has 0 bridgehead atoms. The Morgan fingerprint density at radius 3 is 2.70 bits per heavy atom. The van der Waals surface area contributed by atoms with Crippen LogP contribution < -0.4 is 10.6 Å². The fourth-order valence-electron chi connectivity index (χ4n) is 3.41. The number of anilines is 2. The van der Waals surface area contributed by atoms with Crippen LogP contribution in [-0.2, 0) is 4.79 Å². The maximum absolute atomic E-state index is 12.8. The number of pyridine rings is 1. The summed E-state index contributed by atoms with van der Waals surface area (Å²) in [5.41, 5.74) is 4.80. The lowest BCUT2D eigenvalue weighted by Crippen LogP contribution is -2.22. The molecule has 0 fully saturated rings. The quantitative estimate of drug-likeness (QED) is 0.707. The van der Waals surface area contributed by atoms with Crippen molar-refractivity contribution in [2.24, 2.45) is 0 Å². The summed E-state index contributed by atoms with van der Waals surface area (Å²) < 4.78 is 0. The van der Waals surface area contributed by atoms with Gasteiger partial charge in [-0.2, -0.15) is 0 Å². The van der Waals surface area contributed by atoms with Crippen molar-refractivity contribution in [3.05, 3.63) is 75.9 Å². The number of thiophene rings is 1. The number of aromatic nitrogens is 1. The second-order valence-electron chi connectivity index (χ2n) is 6.71. The SMILES string of the molecule is Cc1ccc(NC(=O)c2sc3c(c2C)[C@@H](c2cccnc2)CC(=O)N3)cc1. The first-order valence-electron chi connectivity index (χ1n) is 8.74. The molecule has 3 heterocycles. The molecule has 5 nitrogen and oxygen atoms in total. The Bertz CT molecular complexity index is 1010. The Balaban J connectivity index is 1.69. The van der Waals surface area contributed by atoms with Crippen molar-refractivity contribution < 1.29 is 9.59 Å². The average Bonchev–Trinajstić information content (AvgIpc) is 3.00. The zero-order chi connectivity index (χ0) is 19.0. The zero-order valence-corrected chi connectivity index (χ0v) is 15.9. The minimum absolute atomic E-state index is 0.0388. The van der Waals surface area contributed by atoms with Gasteiger partial charge in [-0.15, -0.1) is 11.3 Å². The van der Waals surface area contributed by atoms with E-state index in [1.54, 1.807) is 12.4 Å². The number of amides is 2. The molecule has 27 heavy (non-hydrogen) atoms. The molecule has 0 radical (unpaired) electrons. The van der Waals surface area contributed by atoms with Gasteiger partial charge < -0.3 is 10.6 Å². The molecule has 2 N–H and O–H groups in total. The molecule has 4 rings (SSSR count). The van der Waals surface area contributed by atoms with E-state index in [2.05, 4.69) is 15.6 Å². The van der Waals surface area contributed by atoms with Crippen LogP contribution in [0.3, 0.4) is 0 Å². The first-order chi connectivity index (χ1) is 13.0. The van der Waals surface area contributed by atoms with Crippen molar-refractivity contribution in [3.63, 3.8) is 0 Å². The van der Waals surface area contributed by atoms with Crippen LogP contribution in [0.1, 0.15) is 44.3 Å². The Labute approximate surface area is 161 Å². The molecule has 3 aromatic rings. The van der Waals surface area contributed by atoms with Gasteiger partial charge in [-0.3, -0.25) is 14.6 Å². The van der Waals surface area contributed by atoms with E-state index in [-0.39, 0.29) is 17.7 Å². The molecular formula is C21H19N3O2S. The van der Waals surface area contributed by atoms with Crippen LogP contribution in [0.15, 0.2) is 48.8 Å². The fraction of sp³-hybridized carbons (Fsp3) is 0.190. The van der Waals surface area contributed by atoms with E-state index in [9.17, 15) is 9.59 Å². The second kappa shape index (κ2) is 6.96. The van der Waals surface area contributed by atoms with Gasteiger partial charge >= 0.3 is 0 Å². The van der Waals surface area contributed by atoms with Crippen LogP contribution in [0.25, 0.3) is 0 Å². The molecule has 0 spiro atoms. The standard InChI is InChI=1S/C21H19N3O2S/c1-12-5-7-15(8-6-12)23-20(26)19-13(2)18-16(14-4-3-9-22-11-14)10-17(25)24-21(18)27-19/h3-9,11,16H,10H2,1-2H3,(H,23,26)(H,24,25)/t16-/m1/s1. The van der Waals surface area contributed by atoms with Crippen LogP contribution in [0.2, 0.25) is 0 Å². The van der Waals surface area contributed by atoms with Crippen molar-refractivity contribution in [2.45, 2.75) is 26.2 Å². The summed E-state index contributed by atoms with van der Waals surface area (Å²) in [4.78, 5) is 29.8. The van der Waals surface area contributed by atoms with Gasteiger partial charge in [0.25, 0.3) is 5.91 Å². The summed E-state index contributed by atoms with van der Waals surface area (Å²) in [7, 11) is 0. The smallest absolute Gasteiger partial charge is 0.266 e. The first-order valence-corrected chi connectivity index (χ1v) is 9.55. The Morgan fingerprint density at radius 1 is 1.22 bits per heavy atom. The molecule has 136 valence electrons. The Hall–Kier alpha value is -2.99. The van der Waals surface area contributed by atoms with Crippen molar-refractivity contribution in [3.8, 4) is 0 Å². The monoisotopic (exact) mass is 377 g/mol. The maximum Gasteiger partial charge on any atom is 0.266 e. The molecule has 0 saturated carbocycles. The number of fused-ring (bicyclic) bond motifs is 1. The highest BCUT2D eigenvalue weighted by atomic mass is 32.1. The summed E-state index contributed by atoms with van der Waals surface area (Å²) in [6, 6.07) is 11.5. The largest absolute Gasteiger partial charge is 0.321 e. The molecule has 1 aliphatic rings. The van der Waals surface area contributed by atoms with Gasteiger partial charge in [-0.05, 0) is 48.7 Å².